The highest BCUT2D eigenvalue weighted by molar-refractivity contribution is 7.90. The third kappa shape index (κ3) is 5.81. The van der Waals surface area contributed by atoms with Crippen molar-refractivity contribution in [1.82, 2.24) is 4.90 Å². The van der Waals surface area contributed by atoms with Crippen LogP contribution < -0.4 is 9.47 Å². The van der Waals surface area contributed by atoms with Gasteiger partial charge in [-0.2, -0.15) is 0 Å². The zero-order valence-corrected chi connectivity index (χ0v) is 22.3. The lowest BCUT2D eigenvalue weighted by molar-refractivity contribution is -0.134. The zero-order valence-electron chi connectivity index (χ0n) is 21.4. The van der Waals surface area contributed by atoms with Gasteiger partial charge in [0.05, 0.1) is 24.2 Å². The Morgan fingerprint density at radius 3 is 2.31 bits per heavy atom. The molecule has 0 radical (unpaired) electrons. The van der Waals surface area contributed by atoms with Crippen molar-refractivity contribution >= 4 is 15.7 Å². The van der Waals surface area contributed by atoms with E-state index in [1.807, 2.05) is 38.1 Å². The summed E-state index contributed by atoms with van der Waals surface area (Å²) in [6, 6.07) is 12.1. The molecule has 0 aromatic heterocycles. The molecule has 0 unspecified atom stereocenters. The number of β-amino-alcohol motifs (C(OH)–C–C–N with tert-alkyl or cyclic N) is 1. The van der Waals surface area contributed by atoms with E-state index >= 15 is 0 Å². The van der Waals surface area contributed by atoms with Crippen LogP contribution in [0.2, 0.25) is 0 Å². The Bertz CT molecular complexity index is 1140. The van der Waals surface area contributed by atoms with Crippen molar-refractivity contribution in [3.63, 3.8) is 0 Å². The van der Waals surface area contributed by atoms with Crippen LogP contribution in [-0.4, -0.2) is 56.4 Å². The highest BCUT2D eigenvalue weighted by atomic mass is 32.2. The number of likely N-dealkylation sites (tertiary alicyclic amines) is 1. The van der Waals surface area contributed by atoms with Crippen molar-refractivity contribution in [2.24, 2.45) is 5.92 Å². The van der Waals surface area contributed by atoms with Crippen molar-refractivity contribution in [2.75, 3.05) is 19.9 Å². The van der Waals surface area contributed by atoms with Crippen molar-refractivity contribution in [3.05, 3.63) is 53.6 Å². The molecule has 1 N–H and O–H groups in total. The fraction of sp³-hybridized carbons (Fsp3) is 0.519. The van der Waals surface area contributed by atoms with Gasteiger partial charge in [0.1, 0.15) is 16.9 Å². The van der Waals surface area contributed by atoms with E-state index in [2.05, 4.69) is 13.8 Å². The highest BCUT2D eigenvalue weighted by Gasteiger charge is 2.55. The lowest BCUT2D eigenvalue weighted by Crippen LogP contribution is -2.44. The molecule has 0 bridgehead atoms. The summed E-state index contributed by atoms with van der Waals surface area (Å²) in [4.78, 5) is 15.9. The second kappa shape index (κ2) is 10.6. The van der Waals surface area contributed by atoms with Gasteiger partial charge in [0.15, 0.2) is 9.84 Å². The number of amides is 1. The summed E-state index contributed by atoms with van der Waals surface area (Å²) in [5, 5.41) is 11.4. The minimum Gasteiger partial charge on any atom is -0.497 e. The maximum atomic E-state index is 14.1. The molecule has 2 atom stereocenters. The maximum absolute atomic E-state index is 14.1. The first-order valence-electron chi connectivity index (χ1n) is 12.0. The van der Waals surface area contributed by atoms with E-state index in [-0.39, 0.29) is 23.5 Å². The summed E-state index contributed by atoms with van der Waals surface area (Å²) in [7, 11) is -1.88. The largest absolute Gasteiger partial charge is 0.497 e. The lowest BCUT2D eigenvalue weighted by atomic mass is 9.72. The molecule has 0 spiro atoms. The van der Waals surface area contributed by atoms with Gasteiger partial charge in [0.25, 0.3) is 0 Å². The van der Waals surface area contributed by atoms with Crippen LogP contribution in [0.1, 0.15) is 51.7 Å². The molecular formula is C27H37NO6S. The Hall–Kier alpha value is -2.58. The fourth-order valence-corrected chi connectivity index (χ4v) is 5.27. The number of sulfone groups is 1. The molecule has 2 aromatic rings. The summed E-state index contributed by atoms with van der Waals surface area (Å²) in [5.74, 6) is 1.19. The Labute approximate surface area is 209 Å². The molecule has 1 aliphatic rings. The van der Waals surface area contributed by atoms with Crippen LogP contribution >= 0.6 is 0 Å². The quantitative estimate of drug-likeness (QED) is 0.528. The summed E-state index contributed by atoms with van der Waals surface area (Å²) in [6.45, 7) is 8.38. The Balaban J connectivity index is 2.09. The number of nitrogens with zero attached hydrogens (tertiary/aromatic N) is 1. The summed E-state index contributed by atoms with van der Waals surface area (Å²) >= 11 is 0. The lowest BCUT2D eigenvalue weighted by Gasteiger charge is -2.33. The van der Waals surface area contributed by atoms with Crippen LogP contribution in [0.15, 0.2) is 47.4 Å². The molecule has 1 fully saturated rings. The second-order valence-corrected chi connectivity index (χ2v) is 12.1. The van der Waals surface area contributed by atoms with Crippen LogP contribution in [0, 0.1) is 5.92 Å². The number of methoxy groups -OCH3 is 1. The molecule has 3 rings (SSSR count). The van der Waals surface area contributed by atoms with Gasteiger partial charge >= 0.3 is 0 Å². The monoisotopic (exact) mass is 503 g/mol. The standard InChI is InChI=1S/C27H37NO6S/c1-18(2)13-14-27(23-12-11-22(35(6,31)32)15-24(23)34-19(3)4)25(29)17-28(26(27)30)16-20-7-9-21(33-5)10-8-20/h7-12,15,18-19,25,29H,13-14,16-17H2,1-6H3/t25-,27+/m0/s1. The summed E-state index contributed by atoms with van der Waals surface area (Å²) in [5.41, 5.74) is 0.239. The van der Waals surface area contributed by atoms with Gasteiger partial charge in [-0.3, -0.25) is 4.79 Å². The second-order valence-electron chi connectivity index (χ2n) is 10.1. The molecular weight excluding hydrogens is 466 g/mol. The molecule has 0 aliphatic carbocycles. The first-order chi connectivity index (χ1) is 16.4. The normalized spacial score (nSPS) is 20.7. The van der Waals surface area contributed by atoms with Crippen molar-refractivity contribution in [2.45, 2.75) is 69.6 Å². The van der Waals surface area contributed by atoms with Crippen LogP contribution in [0.4, 0.5) is 0 Å². The van der Waals surface area contributed by atoms with Gasteiger partial charge in [0.2, 0.25) is 5.91 Å². The number of ether oxygens (including phenoxy) is 2. The van der Waals surface area contributed by atoms with E-state index in [1.165, 1.54) is 12.1 Å². The van der Waals surface area contributed by atoms with Crippen molar-refractivity contribution < 1.29 is 27.8 Å². The topological polar surface area (TPSA) is 93.1 Å². The number of carbonyl (C=O) groups excluding carboxylic acids is 1. The fourth-order valence-electron chi connectivity index (χ4n) is 4.63. The number of aliphatic hydroxyl groups is 1. The van der Waals surface area contributed by atoms with E-state index in [1.54, 1.807) is 18.1 Å². The van der Waals surface area contributed by atoms with Crippen LogP contribution in [-0.2, 0) is 26.6 Å². The SMILES string of the molecule is COc1ccc(CN2C[C@H](O)[C@@](CCC(C)C)(c3ccc(S(C)(=O)=O)cc3OC(C)C)C2=O)cc1. The Morgan fingerprint density at radius 1 is 1.11 bits per heavy atom. The van der Waals surface area contributed by atoms with Crippen molar-refractivity contribution in [1.29, 1.82) is 0 Å². The molecule has 1 aliphatic heterocycles. The molecule has 192 valence electrons. The van der Waals surface area contributed by atoms with Gasteiger partial charge in [-0.25, -0.2) is 8.42 Å². The van der Waals surface area contributed by atoms with Gasteiger partial charge in [-0.05, 0) is 62.4 Å². The van der Waals surface area contributed by atoms with Crippen LogP contribution in [0.25, 0.3) is 0 Å². The molecule has 1 heterocycles. The van der Waals surface area contributed by atoms with E-state index in [9.17, 15) is 18.3 Å². The molecule has 35 heavy (non-hydrogen) atoms. The predicted octanol–water partition coefficient (Wildman–Crippen LogP) is 3.96. The molecule has 0 saturated carbocycles. The average Bonchev–Trinajstić information content (AvgIpc) is 3.01. The Morgan fingerprint density at radius 2 is 1.77 bits per heavy atom. The van der Waals surface area contributed by atoms with Crippen molar-refractivity contribution in [3.8, 4) is 11.5 Å². The van der Waals surface area contributed by atoms with E-state index < -0.39 is 21.4 Å². The number of rotatable bonds is 10. The smallest absolute Gasteiger partial charge is 0.236 e. The van der Waals surface area contributed by atoms with E-state index in [0.29, 0.717) is 36.6 Å². The number of hydrogen-bond acceptors (Lipinski definition) is 6. The number of aliphatic hydroxyl groups excluding tert-OH is 1. The molecule has 7 nitrogen and oxygen atoms in total. The third-order valence-corrected chi connectivity index (χ3v) is 7.61. The minimum atomic E-state index is -3.48. The van der Waals surface area contributed by atoms with Gasteiger partial charge in [-0.15, -0.1) is 0 Å². The third-order valence-electron chi connectivity index (χ3n) is 6.50. The van der Waals surface area contributed by atoms with Gasteiger partial charge in [0, 0.05) is 24.9 Å². The zero-order chi connectivity index (χ0) is 26.0. The van der Waals surface area contributed by atoms with Crippen LogP contribution in [0.5, 0.6) is 11.5 Å². The first-order valence-corrected chi connectivity index (χ1v) is 13.9. The molecule has 8 heteroatoms. The number of benzene rings is 2. The van der Waals surface area contributed by atoms with Gasteiger partial charge in [-0.1, -0.05) is 32.0 Å². The Kier molecular flexibility index (Phi) is 8.17. The highest BCUT2D eigenvalue weighted by Crippen LogP contribution is 2.46. The molecule has 2 aromatic carbocycles. The average molecular weight is 504 g/mol. The summed E-state index contributed by atoms with van der Waals surface area (Å²) in [6.07, 6.45) is 1.08. The number of hydrogen-bond donors (Lipinski definition) is 1. The van der Waals surface area contributed by atoms with Gasteiger partial charge < -0.3 is 19.5 Å². The van der Waals surface area contributed by atoms with E-state index in [0.717, 1.165) is 17.6 Å². The van der Waals surface area contributed by atoms with E-state index in [4.69, 9.17) is 9.47 Å². The van der Waals surface area contributed by atoms with Crippen LogP contribution in [0.3, 0.4) is 0 Å². The number of carbonyl (C=O) groups is 1. The molecule has 1 saturated heterocycles. The maximum Gasteiger partial charge on any atom is 0.236 e. The first kappa shape index (κ1) is 27.0. The summed E-state index contributed by atoms with van der Waals surface area (Å²) < 4.78 is 35.7. The predicted molar refractivity (Wildman–Crippen MR) is 135 cm³/mol. The minimum absolute atomic E-state index is 0.117. The molecule has 1 amide bonds.